The van der Waals surface area contributed by atoms with Crippen LogP contribution in [0.3, 0.4) is 0 Å². The summed E-state index contributed by atoms with van der Waals surface area (Å²) in [6.07, 6.45) is 2.17. The molecule has 0 aliphatic heterocycles. The van der Waals surface area contributed by atoms with Crippen molar-refractivity contribution in [2.45, 2.75) is 29.6 Å². The number of hydrogen-bond acceptors (Lipinski definition) is 1. The molecular formula is C54H41NS. The topological polar surface area (TPSA) is 3.24 Å². The van der Waals surface area contributed by atoms with Gasteiger partial charge < -0.3 is 4.90 Å². The lowest BCUT2D eigenvalue weighted by Gasteiger charge is -2.32. The van der Waals surface area contributed by atoms with Crippen LogP contribution in [-0.4, -0.2) is 12.1 Å². The summed E-state index contributed by atoms with van der Waals surface area (Å²) in [6.45, 7) is 4.74. The maximum atomic E-state index is 4.24. The number of rotatable bonds is 5. The number of fused-ring (bicyclic) bond motifs is 13. The summed E-state index contributed by atoms with van der Waals surface area (Å²) in [4.78, 5) is 3.75. The summed E-state index contributed by atoms with van der Waals surface area (Å²) in [7, 11) is -0.0123. The Kier molecular flexibility index (Phi) is 7.18. The summed E-state index contributed by atoms with van der Waals surface area (Å²) in [5.41, 5.74) is 21.4. The molecule has 8 aromatic carbocycles. The third-order valence-electron chi connectivity index (χ3n) is 12.8. The van der Waals surface area contributed by atoms with Crippen molar-refractivity contribution in [3.8, 4) is 44.5 Å². The van der Waals surface area contributed by atoms with E-state index in [1.54, 1.807) is 0 Å². The minimum absolute atomic E-state index is 0.0123. The molecule has 1 atom stereocenters. The average Bonchev–Trinajstić information content (AvgIpc) is 3.80. The second-order valence-corrected chi connectivity index (χ2v) is 17.8. The van der Waals surface area contributed by atoms with Gasteiger partial charge in [-0.3, -0.25) is 0 Å². The third kappa shape index (κ3) is 4.54. The molecule has 0 saturated heterocycles. The van der Waals surface area contributed by atoms with Gasteiger partial charge in [0.05, 0.1) is 5.41 Å². The van der Waals surface area contributed by atoms with Gasteiger partial charge >= 0.3 is 0 Å². The highest BCUT2D eigenvalue weighted by atomic mass is 32.2. The first kappa shape index (κ1) is 33.1. The Morgan fingerprint density at radius 1 is 0.393 bits per heavy atom. The van der Waals surface area contributed by atoms with E-state index in [0.717, 1.165) is 17.1 Å². The van der Waals surface area contributed by atoms with Crippen LogP contribution in [0.25, 0.3) is 44.5 Å². The van der Waals surface area contributed by atoms with Gasteiger partial charge in [0.1, 0.15) is 0 Å². The molecule has 0 aromatic heterocycles. The van der Waals surface area contributed by atoms with Crippen LogP contribution in [0.15, 0.2) is 187 Å². The molecule has 2 heteroatoms. The van der Waals surface area contributed by atoms with E-state index in [1.165, 1.54) is 82.8 Å². The number of hydrogen-bond donors (Lipinski definition) is 0. The van der Waals surface area contributed by atoms with Crippen LogP contribution in [0.4, 0.5) is 17.1 Å². The summed E-state index contributed by atoms with van der Waals surface area (Å²) in [5, 5.41) is 0. The van der Waals surface area contributed by atoms with Gasteiger partial charge in [0.25, 0.3) is 0 Å². The molecule has 0 saturated carbocycles. The SMILES string of the molecule is C=[S@@](C)c1ccc(-c2ccc(N(c3ccc4c(c3)C(C)(C)c3ccccc3-4)c3ccc4c(c3)C3(c5ccccc5-c5ccccc53)c3ccccc3-4)cc2)cc1. The van der Waals surface area contributed by atoms with Gasteiger partial charge in [-0.2, -0.15) is 10.5 Å². The molecular weight excluding hydrogens is 695 g/mol. The monoisotopic (exact) mass is 735 g/mol. The summed E-state index contributed by atoms with van der Waals surface area (Å²) < 4.78 is 0. The molecule has 268 valence electrons. The molecule has 0 unspecified atom stereocenters. The van der Waals surface area contributed by atoms with Crippen molar-refractivity contribution in [2.24, 2.45) is 0 Å². The minimum atomic E-state index is -0.412. The molecule has 3 aliphatic rings. The van der Waals surface area contributed by atoms with Crippen molar-refractivity contribution in [3.05, 3.63) is 215 Å². The zero-order chi connectivity index (χ0) is 37.8. The second-order valence-electron chi connectivity index (χ2n) is 16.1. The highest BCUT2D eigenvalue weighted by Gasteiger charge is 2.51. The van der Waals surface area contributed by atoms with Gasteiger partial charge in [-0.1, -0.05) is 153 Å². The summed E-state index contributed by atoms with van der Waals surface area (Å²) >= 11 is 0. The molecule has 11 rings (SSSR count). The fourth-order valence-corrected chi connectivity index (χ4v) is 10.8. The maximum Gasteiger partial charge on any atom is 0.0726 e. The number of nitrogens with zero attached hydrogens (tertiary/aromatic N) is 1. The van der Waals surface area contributed by atoms with Crippen LogP contribution in [0.1, 0.15) is 47.2 Å². The van der Waals surface area contributed by atoms with E-state index in [2.05, 4.69) is 213 Å². The average molecular weight is 736 g/mol. The van der Waals surface area contributed by atoms with Crippen molar-refractivity contribution in [1.82, 2.24) is 0 Å². The van der Waals surface area contributed by atoms with E-state index < -0.39 is 5.41 Å². The molecule has 0 bridgehead atoms. The van der Waals surface area contributed by atoms with Crippen molar-refractivity contribution < 1.29 is 0 Å². The molecule has 3 aliphatic carbocycles. The molecule has 0 heterocycles. The van der Waals surface area contributed by atoms with Crippen LogP contribution in [0, 0.1) is 0 Å². The Hall–Kier alpha value is -6.22. The highest BCUT2D eigenvalue weighted by Crippen LogP contribution is 2.63. The van der Waals surface area contributed by atoms with Gasteiger partial charge in [-0.25, -0.2) is 0 Å². The first-order valence-electron chi connectivity index (χ1n) is 19.5. The lowest BCUT2D eigenvalue weighted by molar-refractivity contribution is 0.660. The quantitative estimate of drug-likeness (QED) is 0.159. The van der Waals surface area contributed by atoms with E-state index >= 15 is 0 Å². The first-order chi connectivity index (χ1) is 27.4. The van der Waals surface area contributed by atoms with Gasteiger partial charge in [-0.15, -0.1) is 0 Å². The first-order valence-corrected chi connectivity index (χ1v) is 21.3. The van der Waals surface area contributed by atoms with Crippen LogP contribution in [0.5, 0.6) is 0 Å². The smallest absolute Gasteiger partial charge is 0.0726 e. The standard InChI is InChI=1S/C54H41NS/c1-53(2)47-17-9-5-13-41(47)45-31-27-38(33-51(45)53)55(37-25-21-35(22-26-37)36-23-29-40(30-24-36)56(3)4)39-28-32-46-44-16-8-12-20-50(44)54(52(46)34-39)48-18-10-6-14-42(48)43-15-7-11-19-49(43)54/h5-34H,3H2,1-2,4H3/t56-/m0/s1. The van der Waals surface area contributed by atoms with Crippen molar-refractivity contribution in [2.75, 3.05) is 11.2 Å². The number of anilines is 3. The molecule has 1 nitrogen and oxygen atoms in total. The zero-order valence-corrected chi connectivity index (χ0v) is 32.7. The van der Waals surface area contributed by atoms with Crippen LogP contribution >= 0.6 is 10.5 Å². The summed E-state index contributed by atoms with van der Waals surface area (Å²) in [5.74, 6) is 4.24. The Morgan fingerprint density at radius 3 is 1.27 bits per heavy atom. The van der Waals surface area contributed by atoms with Crippen LogP contribution in [-0.2, 0) is 10.8 Å². The summed E-state index contributed by atoms with van der Waals surface area (Å²) in [6, 6.07) is 68.4. The lowest BCUT2D eigenvalue weighted by Crippen LogP contribution is -2.26. The van der Waals surface area contributed by atoms with E-state index in [0.29, 0.717) is 0 Å². The van der Waals surface area contributed by atoms with E-state index in [9.17, 15) is 0 Å². The Morgan fingerprint density at radius 2 is 0.768 bits per heavy atom. The predicted molar refractivity (Wildman–Crippen MR) is 239 cm³/mol. The molecule has 56 heavy (non-hydrogen) atoms. The van der Waals surface area contributed by atoms with Gasteiger partial charge in [0, 0.05) is 27.4 Å². The Labute approximate surface area is 332 Å². The van der Waals surface area contributed by atoms with E-state index in [-0.39, 0.29) is 15.9 Å². The molecule has 0 fully saturated rings. The Bertz CT molecular complexity index is 2850. The molecule has 0 N–H and O–H groups in total. The molecule has 8 aromatic rings. The van der Waals surface area contributed by atoms with Gasteiger partial charge in [0.15, 0.2) is 0 Å². The normalized spacial score (nSPS) is 15.0. The fourth-order valence-electron chi connectivity index (χ4n) is 10.2. The Balaban J connectivity index is 1.13. The fraction of sp³-hybridized carbons (Fsp3) is 0.0926. The maximum absolute atomic E-state index is 4.24. The second kappa shape index (κ2) is 12.1. The van der Waals surface area contributed by atoms with Crippen molar-refractivity contribution in [3.63, 3.8) is 0 Å². The number of benzene rings is 8. The largest absolute Gasteiger partial charge is 0.310 e. The van der Waals surface area contributed by atoms with Crippen molar-refractivity contribution >= 4 is 33.4 Å². The van der Waals surface area contributed by atoms with Crippen LogP contribution < -0.4 is 4.90 Å². The lowest BCUT2D eigenvalue weighted by atomic mass is 9.70. The molecule has 1 spiro atoms. The van der Waals surface area contributed by atoms with Gasteiger partial charge in [0.2, 0.25) is 0 Å². The van der Waals surface area contributed by atoms with Crippen LogP contribution in [0.2, 0.25) is 0 Å². The molecule has 0 amide bonds. The highest BCUT2D eigenvalue weighted by molar-refractivity contribution is 8.13. The minimum Gasteiger partial charge on any atom is -0.310 e. The zero-order valence-electron chi connectivity index (χ0n) is 31.9. The van der Waals surface area contributed by atoms with Crippen molar-refractivity contribution in [1.29, 1.82) is 0 Å². The third-order valence-corrected chi connectivity index (χ3v) is 13.9. The van der Waals surface area contributed by atoms with E-state index in [1.807, 2.05) is 0 Å². The van der Waals surface area contributed by atoms with E-state index in [4.69, 9.17) is 0 Å². The predicted octanol–water partition coefficient (Wildman–Crippen LogP) is 14.2. The molecule has 0 radical (unpaired) electrons. The van der Waals surface area contributed by atoms with Gasteiger partial charge in [-0.05, 0) is 133 Å².